The van der Waals surface area contributed by atoms with Crippen LogP contribution in [0.25, 0.3) is 0 Å². The summed E-state index contributed by atoms with van der Waals surface area (Å²) < 4.78 is 5.63. The van der Waals surface area contributed by atoms with Crippen molar-refractivity contribution in [1.82, 2.24) is 20.9 Å². The van der Waals surface area contributed by atoms with E-state index >= 15 is 0 Å². The Labute approximate surface area is 248 Å². The highest BCUT2D eigenvalue weighted by Crippen LogP contribution is 2.65. The fraction of sp³-hybridized carbons (Fsp3) is 0.800. The van der Waals surface area contributed by atoms with E-state index in [2.05, 4.69) is 16.0 Å². The molecule has 12 nitrogen and oxygen atoms in total. The Balaban J connectivity index is 1.79. The van der Waals surface area contributed by atoms with E-state index in [4.69, 9.17) is 10.5 Å². The number of carbonyl (C=O) groups excluding carboxylic acids is 6. The maximum Gasteiger partial charge on any atom is 0.329 e. The summed E-state index contributed by atoms with van der Waals surface area (Å²) in [4.78, 5) is 78.2. The predicted molar refractivity (Wildman–Crippen MR) is 155 cm³/mol. The number of urea groups is 1. The Morgan fingerprint density at radius 3 is 2.07 bits per heavy atom. The van der Waals surface area contributed by atoms with E-state index in [1.807, 2.05) is 34.6 Å². The molecule has 0 aromatic carbocycles. The van der Waals surface area contributed by atoms with E-state index in [1.54, 1.807) is 20.8 Å². The summed E-state index contributed by atoms with van der Waals surface area (Å²) in [7, 11) is 0. The van der Waals surface area contributed by atoms with Crippen molar-refractivity contribution < 1.29 is 33.5 Å². The van der Waals surface area contributed by atoms with Gasteiger partial charge in [-0.3, -0.25) is 19.2 Å². The molecule has 42 heavy (non-hydrogen) atoms. The molecule has 0 spiro atoms. The zero-order valence-electron chi connectivity index (χ0n) is 26.3. The predicted octanol–water partition coefficient (Wildman–Crippen LogP) is 1.64. The molecule has 5 amide bonds. The summed E-state index contributed by atoms with van der Waals surface area (Å²) >= 11 is 0. The minimum Gasteiger partial charge on any atom is -0.458 e. The van der Waals surface area contributed by atoms with Gasteiger partial charge in [0.1, 0.15) is 23.7 Å². The smallest absolute Gasteiger partial charge is 0.329 e. The lowest BCUT2D eigenvalue weighted by molar-refractivity contribution is -0.159. The van der Waals surface area contributed by atoms with E-state index in [9.17, 15) is 28.8 Å². The molecule has 2 saturated carbocycles. The fourth-order valence-electron chi connectivity index (χ4n) is 6.50. The molecule has 0 aromatic heterocycles. The third kappa shape index (κ3) is 7.60. The van der Waals surface area contributed by atoms with Crippen LogP contribution in [0, 0.1) is 28.6 Å². The van der Waals surface area contributed by atoms with Gasteiger partial charge >= 0.3 is 12.0 Å². The van der Waals surface area contributed by atoms with Crippen molar-refractivity contribution in [3.8, 4) is 0 Å². The standard InChI is InChI=1S/C30H49N5O7/c1-28(2,3)22(34-27(41)33-20(16-12-10-9-11-13-16)26(40)42-29(4,5)6)25(39)35-15-17-19(30(17,7)8)21(35)24(38)32-14-18(36)23(31)37/h16-17,19-22H,9-15H2,1-8H3,(H2,31,37)(H,32,38)(H2,33,34,41)/t17-,19-,20+,21-,22+/m0/s1. The molecule has 0 aromatic rings. The molecule has 3 fully saturated rings. The van der Waals surface area contributed by atoms with Gasteiger partial charge in [0.15, 0.2) is 0 Å². The van der Waals surface area contributed by atoms with Crippen molar-refractivity contribution >= 4 is 35.5 Å². The quantitative estimate of drug-likeness (QED) is 0.233. The number of ether oxygens (including phenoxy) is 1. The van der Waals surface area contributed by atoms with Crippen molar-refractivity contribution in [3.05, 3.63) is 0 Å². The van der Waals surface area contributed by atoms with Gasteiger partial charge in [-0.15, -0.1) is 0 Å². The SMILES string of the molecule is CC(C)(C)OC(=O)[C@H](NC(=O)N[C@H](C(=O)N1C[C@H]2[C@@H]([C@H]1C(=O)NCC(=O)C(N)=O)C2(C)C)C(C)(C)C)C1CCCCC1. The van der Waals surface area contributed by atoms with Gasteiger partial charge in [-0.1, -0.05) is 53.9 Å². The number of ketones is 1. The summed E-state index contributed by atoms with van der Waals surface area (Å²) in [5.74, 6) is -3.72. The van der Waals surface area contributed by atoms with Crippen LogP contribution in [-0.4, -0.2) is 77.2 Å². The topological polar surface area (TPSA) is 177 Å². The Kier molecular flexibility index (Phi) is 9.68. The number of hydrogen-bond acceptors (Lipinski definition) is 7. The van der Waals surface area contributed by atoms with E-state index in [1.165, 1.54) is 4.90 Å². The van der Waals surface area contributed by atoms with Gasteiger partial charge in [0.05, 0.1) is 6.54 Å². The number of nitrogens with one attached hydrogen (secondary N) is 3. The summed E-state index contributed by atoms with van der Waals surface area (Å²) in [5.41, 5.74) is 3.36. The molecule has 2 aliphatic carbocycles. The number of esters is 1. The van der Waals surface area contributed by atoms with Gasteiger partial charge in [-0.05, 0) is 62.2 Å². The van der Waals surface area contributed by atoms with Crippen molar-refractivity contribution in [2.75, 3.05) is 13.1 Å². The van der Waals surface area contributed by atoms with Gasteiger partial charge in [0, 0.05) is 6.54 Å². The van der Waals surface area contributed by atoms with Crippen LogP contribution in [-0.2, 0) is 28.7 Å². The number of rotatable bonds is 9. The number of hydrogen-bond donors (Lipinski definition) is 4. The Bertz CT molecular complexity index is 1100. The zero-order valence-corrected chi connectivity index (χ0v) is 26.3. The van der Waals surface area contributed by atoms with Gasteiger partial charge in [0.25, 0.3) is 5.91 Å². The van der Waals surface area contributed by atoms with Crippen LogP contribution < -0.4 is 21.7 Å². The maximum atomic E-state index is 14.0. The van der Waals surface area contributed by atoms with Crippen molar-refractivity contribution in [2.24, 2.45) is 34.3 Å². The molecule has 0 radical (unpaired) electrons. The first-order valence-electron chi connectivity index (χ1n) is 15.0. The largest absolute Gasteiger partial charge is 0.458 e. The summed E-state index contributed by atoms with van der Waals surface area (Å²) in [5, 5.41) is 8.07. The molecule has 236 valence electrons. The Hall–Kier alpha value is -3.18. The second kappa shape index (κ2) is 12.2. The van der Waals surface area contributed by atoms with E-state index in [0.717, 1.165) is 32.1 Å². The minimum atomic E-state index is -1.15. The summed E-state index contributed by atoms with van der Waals surface area (Å²) in [6.45, 7) is 14.6. The number of nitrogens with zero attached hydrogens (tertiary/aromatic N) is 1. The van der Waals surface area contributed by atoms with E-state index in [0.29, 0.717) is 6.54 Å². The molecular weight excluding hydrogens is 542 g/mol. The third-order valence-electron chi connectivity index (χ3n) is 8.92. The van der Waals surface area contributed by atoms with Crippen LogP contribution in [0.15, 0.2) is 0 Å². The summed E-state index contributed by atoms with van der Waals surface area (Å²) in [6.07, 6.45) is 4.56. The highest BCUT2D eigenvalue weighted by atomic mass is 16.6. The number of piperidine rings is 1. The second-order valence-corrected chi connectivity index (χ2v) is 14.7. The van der Waals surface area contributed by atoms with Crippen LogP contribution in [0.5, 0.6) is 0 Å². The van der Waals surface area contributed by atoms with Gasteiger partial charge in [-0.25, -0.2) is 9.59 Å². The van der Waals surface area contributed by atoms with Crippen LogP contribution in [0.3, 0.4) is 0 Å². The van der Waals surface area contributed by atoms with Gasteiger partial charge in [-0.2, -0.15) is 0 Å². The molecule has 5 N–H and O–H groups in total. The van der Waals surface area contributed by atoms with Crippen molar-refractivity contribution in [1.29, 1.82) is 0 Å². The Morgan fingerprint density at radius 1 is 0.952 bits per heavy atom. The average molecular weight is 592 g/mol. The van der Waals surface area contributed by atoms with E-state index < -0.39 is 71.2 Å². The molecule has 0 bridgehead atoms. The molecule has 12 heteroatoms. The molecular formula is C30H49N5O7. The molecule has 5 atom stereocenters. The number of primary amides is 1. The van der Waals surface area contributed by atoms with Crippen molar-refractivity contribution in [2.45, 2.75) is 111 Å². The number of likely N-dealkylation sites (tertiary alicyclic amines) is 1. The number of carbonyl (C=O) groups is 6. The lowest BCUT2D eigenvalue weighted by atomic mass is 9.83. The highest BCUT2D eigenvalue weighted by Gasteiger charge is 2.69. The van der Waals surface area contributed by atoms with Crippen molar-refractivity contribution in [3.63, 3.8) is 0 Å². The lowest BCUT2D eigenvalue weighted by Crippen LogP contribution is -2.62. The first-order chi connectivity index (χ1) is 19.3. The first kappa shape index (κ1) is 33.3. The number of amides is 5. The zero-order chi connectivity index (χ0) is 31.8. The third-order valence-corrected chi connectivity index (χ3v) is 8.92. The molecule has 0 unspecified atom stereocenters. The first-order valence-corrected chi connectivity index (χ1v) is 15.0. The highest BCUT2D eigenvalue weighted by molar-refractivity contribution is 6.36. The Morgan fingerprint density at radius 2 is 1.55 bits per heavy atom. The minimum absolute atomic E-state index is 0.0707. The lowest BCUT2D eigenvalue weighted by Gasteiger charge is -2.38. The van der Waals surface area contributed by atoms with Crippen LogP contribution in [0.1, 0.15) is 87.5 Å². The average Bonchev–Trinajstić information content (AvgIpc) is 3.20. The van der Waals surface area contributed by atoms with Crippen LogP contribution in [0.2, 0.25) is 0 Å². The molecule has 1 heterocycles. The fourth-order valence-corrected chi connectivity index (χ4v) is 6.50. The second-order valence-electron chi connectivity index (χ2n) is 14.7. The number of fused-ring (bicyclic) bond motifs is 1. The summed E-state index contributed by atoms with van der Waals surface area (Å²) in [6, 6.07) is -3.42. The van der Waals surface area contributed by atoms with Gasteiger partial charge in [0.2, 0.25) is 17.6 Å². The number of nitrogens with two attached hydrogens (primary N) is 1. The molecule has 3 aliphatic rings. The molecule has 1 aliphatic heterocycles. The normalized spacial score (nSPS) is 25.0. The van der Waals surface area contributed by atoms with Crippen LogP contribution >= 0.6 is 0 Å². The molecule has 1 saturated heterocycles. The van der Waals surface area contributed by atoms with Gasteiger partial charge < -0.3 is 31.3 Å². The van der Waals surface area contributed by atoms with E-state index in [-0.39, 0.29) is 23.2 Å². The van der Waals surface area contributed by atoms with Crippen LogP contribution in [0.4, 0.5) is 4.79 Å². The molecule has 3 rings (SSSR count). The number of Topliss-reactive ketones (excluding diaryl/α,β-unsaturated/α-hetero) is 1. The maximum absolute atomic E-state index is 14.0. The monoisotopic (exact) mass is 591 g/mol.